The highest BCUT2D eigenvalue weighted by Crippen LogP contribution is 2.57. The number of urea groups is 1. The molecular weight excluding hydrogens is 626 g/mol. The maximum Gasteiger partial charge on any atom is 0.329 e. The smallest absolute Gasteiger partial charge is 0.329 e. The number of carbonyl (C=O) groups is 6. The molecule has 0 spiro atoms. The monoisotopic (exact) mass is 679 g/mol. The molecule has 0 radical (unpaired) electrons. The number of hydrogen-bond donors (Lipinski definition) is 4. The molecule has 12 nitrogen and oxygen atoms in total. The maximum atomic E-state index is 14.5. The predicted octanol–water partition coefficient (Wildman–Crippen LogP) is 2.65. The van der Waals surface area contributed by atoms with Gasteiger partial charge in [-0.05, 0) is 58.5 Å². The molecule has 1 saturated heterocycles. The van der Waals surface area contributed by atoms with Crippen LogP contribution in [0.3, 0.4) is 0 Å². The van der Waals surface area contributed by atoms with E-state index in [4.69, 9.17) is 10.5 Å². The van der Waals surface area contributed by atoms with Gasteiger partial charge in [0.2, 0.25) is 17.6 Å². The number of carbonyl (C=O) groups excluding carboxylic acids is 6. The molecule has 6 atom stereocenters. The van der Waals surface area contributed by atoms with Crippen molar-refractivity contribution in [2.45, 2.75) is 117 Å². The highest BCUT2D eigenvalue weighted by Gasteiger charge is 2.61. The largest absolute Gasteiger partial charge is 0.460 e. The van der Waals surface area contributed by atoms with E-state index in [1.54, 1.807) is 0 Å². The number of rotatable bonds is 12. The number of esters is 1. The van der Waals surface area contributed by atoms with E-state index in [2.05, 4.69) is 29.8 Å². The molecule has 2 saturated carbocycles. The van der Waals surface area contributed by atoms with Gasteiger partial charge in [0.05, 0.1) is 6.04 Å². The van der Waals surface area contributed by atoms with Crippen molar-refractivity contribution < 1.29 is 33.5 Å². The van der Waals surface area contributed by atoms with E-state index in [0.29, 0.717) is 32.2 Å². The average molecular weight is 680 g/mol. The van der Waals surface area contributed by atoms with Crippen LogP contribution in [0.4, 0.5) is 4.79 Å². The molecular formula is C37H53N5O7. The summed E-state index contributed by atoms with van der Waals surface area (Å²) in [6, 6.07) is 3.33. The Balaban J connectivity index is 1.29. The SMILES string of the molecule is CC(C)[C@H](NC(=O)N[C@H](C(=O)N1C[C@H]2[C@H](CC2(C)C)[C@H]1C(=O)NC(CC1CC1)C(=O)C(N)=O)C(C)(C)C)C(=O)OC1Cc2ccccc2C1. The fraction of sp³-hybridized carbons (Fsp3) is 0.676. The molecule has 5 amide bonds. The third kappa shape index (κ3) is 7.94. The zero-order valence-electron chi connectivity index (χ0n) is 29.8. The van der Waals surface area contributed by atoms with E-state index >= 15 is 0 Å². The van der Waals surface area contributed by atoms with E-state index in [0.717, 1.165) is 24.0 Å². The number of nitrogens with two attached hydrogens (primary N) is 1. The van der Waals surface area contributed by atoms with Crippen LogP contribution in [0.15, 0.2) is 24.3 Å². The molecule has 4 aliphatic rings. The molecule has 1 aromatic carbocycles. The lowest BCUT2D eigenvalue weighted by molar-refractivity contribution is -0.152. The van der Waals surface area contributed by atoms with Crippen molar-refractivity contribution in [2.75, 3.05) is 6.54 Å². The number of likely N-dealkylation sites (tertiary alicyclic amines) is 1. The number of primary amides is 1. The summed E-state index contributed by atoms with van der Waals surface area (Å²) in [7, 11) is 0. The average Bonchev–Trinajstić information content (AvgIpc) is 3.63. The molecule has 1 unspecified atom stereocenters. The number of ether oxygens (including phenoxy) is 1. The topological polar surface area (TPSA) is 177 Å². The summed E-state index contributed by atoms with van der Waals surface area (Å²) in [5.41, 5.74) is 6.72. The third-order valence-electron chi connectivity index (χ3n) is 11.0. The van der Waals surface area contributed by atoms with Crippen molar-refractivity contribution in [1.29, 1.82) is 0 Å². The van der Waals surface area contributed by atoms with Gasteiger partial charge < -0.3 is 31.3 Å². The fourth-order valence-corrected chi connectivity index (χ4v) is 7.97. The third-order valence-corrected chi connectivity index (χ3v) is 11.0. The Bertz CT molecular complexity index is 1470. The van der Waals surface area contributed by atoms with Crippen LogP contribution in [0.1, 0.15) is 85.3 Å². The van der Waals surface area contributed by atoms with Crippen molar-refractivity contribution in [3.63, 3.8) is 0 Å². The number of hydrogen-bond acceptors (Lipinski definition) is 7. The van der Waals surface area contributed by atoms with Gasteiger partial charge in [-0.15, -0.1) is 0 Å². The van der Waals surface area contributed by atoms with E-state index in [9.17, 15) is 28.8 Å². The van der Waals surface area contributed by atoms with Crippen LogP contribution < -0.4 is 21.7 Å². The molecule has 12 heteroatoms. The minimum atomic E-state index is -1.10. The first kappa shape index (κ1) is 36.3. The van der Waals surface area contributed by atoms with Gasteiger partial charge in [-0.3, -0.25) is 19.2 Å². The Morgan fingerprint density at radius 3 is 2.10 bits per heavy atom. The molecule has 5 rings (SSSR count). The van der Waals surface area contributed by atoms with E-state index in [1.165, 1.54) is 4.90 Å². The maximum absolute atomic E-state index is 14.5. The minimum Gasteiger partial charge on any atom is -0.460 e. The Morgan fingerprint density at radius 2 is 1.59 bits per heavy atom. The van der Waals surface area contributed by atoms with Crippen LogP contribution in [0.25, 0.3) is 0 Å². The summed E-state index contributed by atoms with van der Waals surface area (Å²) in [4.78, 5) is 81.3. The number of nitrogens with zero attached hydrogens (tertiary/aromatic N) is 1. The lowest BCUT2D eigenvalue weighted by Gasteiger charge is -2.48. The van der Waals surface area contributed by atoms with Crippen molar-refractivity contribution in [1.82, 2.24) is 20.9 Å². The van der Waals surface area contributed by atoms with Gasteiger partial charge in [0.1, 0.15) is 24.2 Å². The summed E-state index contributed by atoms with van der Waals surface area (Å²) in [5, 5.41) is 8.36. The van der Waals surface area contributed by atoms with Crippen molar-refractivity contribution in [2.24, 2.45) is 40.2 Å². The molecule has 5 N–H and O–H groups in total. The van der Waals surface area contributed by atoms with Crippen molar-refractivity contribution >= 4 is 35.5 Å². The minimum absolute atomic E-state index is 0.0391. The zero-order chi connectivity index (χ0) is 36.0. The van der Waals surface area contributed by atoms with Gasteiger partial charge in [0.15, 0.2) is 0 Å². The predicted molar refractivity (Wildman–Crippen MR) is 182 cm³/mol. The fourth-order valence-electron chi connectivity index (χ4n) is 7.97. The highest BCUT2D eigenvalue weighted by molar-refractivity contribution is 6.37. The van der Waals surface area contributed by atoms with E-state index < -0.39 is 65.1 Å². The molecule has 1 aliphatic heterocycles. The quantitative estimate of drug-likeness (QED) is 0.194. The second-order valence-electron chi connectivity index (χ2n) is 16.7. The molecule has 49 heavy (non-hydrogen) atoms. The summed E-state index contributed by atoms with van der Waals surface area (Å²) >= 11 is 0. The first-order valence-corrected chi connectivity index (χ1v) is 17.7. The first-order chi connectivity index (χ1) is 22.9. The Labute approximate surface area is 289 Å². The summed E-state index contributed by atoms with van der Waals surface area (Å²) in [6.07, 6.45) is 3.76. The molecule has 1 heterocycles. The Morgan fingerprint density at radius 1 is 0.980 bits per heavy atom. The van der Waals surface area contributed by atoms with Gasteiger partial charge in [0.25, 0.3) is 5.91 Å². The number of Topliss-reactive ketones (excluding diaryl/α,β-unsaturated/α-hetero) is 1. The standard InChI is InChI=1S/C37H53N5O7/c1-19(2)27(34(47)49-23-15-21-10-8-9-11-22(21)16-23)40-35(48)41-30(36(3,4)5)33(46)42-18-25-24(17-37(25,6)7)28(42)32(45)39-26(14-20-12-13-20)29(43)31(38)44/h8-11,19-20,23-28,30H,12-18H2,1-7H3,(H2,38,44)(H,39,45)(H2,40,41,48)/t24-,25-,26?,27-,28-,30+/m0/s1. The second-order valence-corrected chi connectivity index (χ2v) is 16.7. The summed E-state index contributed by atoms with van der Waals surface area (Å²) in [6.45, 7) is 13.6. The summed E-state index contributed by atoms with van der Waals surface area (Å²) < 4.78 is 5.85. The van der Waals surface area contributed by atoms with E-state index in [-0.39, 0.29) is 35.2 Å². The number of ketones is 1. The van der Waals surface area contributed by atoms with Crippen LogP contribution in [0.2, 0.25) is 0 Å². The first-order valence-electron chi connectivity index (χ1n) is 17.7. The van der Waals surface area contributed by atoms with Gasteiger partial charge in [-0.25, -0.2) is 9.59 Å². The summed E-state index contributed by atoms with van der Waals surface area (Å²) in [5.74, 6) is -3.57. The van der Waals surface area contributed by atoms with Gasteiger partial charge in [-0.2, -0.15) is 0 Å². The van der Waals surface area contributed by atoms with Crippen molar-refractivity contribution in [3.8, 4) is 0 Å². The molecule has 0 bridgehead atoms. The molecule has 3 aliphatic carbocycles. The second kappa shape index (κ2) is 13.7. The van der Waals surface area contributed by atoms with Crippen LogP contribution >= 0.6 is 0 Å². The Kier molecular flexibility index (Phi) is 10.2. The van der Waals surface area contributed by atoms with Crippen LogP contribution in [0, 0.1) is 34.5 Å². The lowest BCUT2D eigenvalue weighted by Crippen LogP contribution is -2.62. The van der Waals surface area contributed by atoms with Gasteiger partial charge in [-0.1, -0.05) is 85.6 Å². The van der Waals surface area contributed by atoms with Crippen LogP contribution in [0.5, 0.6) is 0 Å². The van der Waals surface area contributed by atoms with Gasteiger partial charge in [0, 0.05) is 19.4 Å². The number of fused-ring (bicyclic) bond motifs is 2. The number of benzene rings is 1. The van der Waals surface area contributed by atoms with Crippen LogP contribution in [-0.2, 0) is 41.6 Å². The molecule has 1 aromatic rings. The van der Waals surface area contributed by atoms with E-state index in [1.807, 2.05) is 58.9 Å². The zero-order valence-corrected chi connectivity index (χ0v) is 29.8. The molecule has 268 valence electrons. The Hall–Kier alpha value is -3.96. The molecule has 3 fully saturated rings. The molecule has 0 aromatic heterocycles. The number of nitrogens with one attached hydrogen (secondary N) is 3. The van der Waals surface area contributed by atoms with Gasteiger partial charge >= 0.3 is 12.0 Å². The normalized spacial score (nSPS) is 24.5. The van der Waals surface area contributed by atoms with Crippen molar-refractivity contribution in [3.05, 3.63) is 35.4 Å². The number of amides is 5. The van der Waals surface area contributed by atoms with Crippen LogP contribution in [-0.4, -0.2) is 77.2 Å². The highest BCUT2D eigenvalue weighted by atomic mass is 16.5. The lowest BCUT2D eigenvalue weighted by atomic mass is 9.55.